The van der Waals surface area contributed by atoms with Gasteiger partial charge in [-0.25, -0.2) is 9.07 Å². The van der Waals surface area contributed by atoms with Gasteiger partial charge in [-0.2, -0.15) is 5.10 Å². The molecule has 1 aliphatic heterocycles. The summed E-state index contributed by atoms with van der Waals surface area (Å²) >= 11 is 6.81. The van der Waals surface area contributed by atoms with Crippen LogP contribution in [0.2, 0.25) is 0 Å². The van der Waals surface area contributed by atoms with Crippen molar-refractivity contribution in [3.8, 4) is 16.9 Å². The van der Waals surface area contributed by atoms with Crippen LogP contribution in [0.5, 0.6) is 0 Å². The number of thiocarbonyl (C=S) groups is 1. The molecule has 7 heteroatoms. The highest BCUT2D eigenvalue weighted by Crippen LogP contribution is 2.35. The lowest BCUT2D eigenvalue weighted by atomic mass is 10.1. The molecule has 1 aliphatic rings. The molecule has 0 saturated carbocycles. The first-order valence-corrected chi connectivity index (χ1v) is 12.0. The number of nitrogens with zero attached hydrogens (tertiary/aromatic N) is 3. The van der Waals surface area contributed by atoms with Crippen molar-refractivity contribution in [2.45, 2.75) is 6.42 Å². The summed E-state index contributed by atoms with van der Waals surface area (Å²) in [7, 11) is 0. The lowest BCUT2D eigenvalue weighted by molar-refractivity contribution is -0.122. The second kappa shape index (κ2) is 9.75. The van der Waals surface area contributed by atoms with Gasteiger partial charge in [0, 0.05) is 23.9 Å². The van der Waals surface area contributed by atoms with Gasteiger partial charge in [-0.1, -0.05) is 72.5 Å². The average Bonchev–Trinajstić information content (AvgIpc) is 3.40. The Kier molecular flexibility index (Phi) is 6.38. The maximum Gasteiger partial charge on any atom is 0.266 e. The molecule has 3 aromatic carbocycles. The standard InChI is InChI=1S/C27H20FN3OS2/c28-22-13-11-20(12-14-22)25-21(18-31(29-25)23-9-5-2-6-10-23)17-24-26(32)30(27(33)34-24)16-15-19-7-3-1-4-8-19/h1-14,17-18H,15-16H2/b24-17+. The molecule has 0 spiro atoms. The van der Waals surface area contributed by atoms with E-state index >= 15 is 0 Å². The molecule has 4 aromatic rings. The molecule has 1 amide bonds. The fraction of sp³-hybridized carbons (Fsp3) is 0.0741. The first-order chi connectivity index (χ1) is 16.6. The molecule has 4 nitrogen and oxygen atoms in total. The minimum Gasteiger partial charge on any atom is -0.293 e. The predicted molar refractivity (Wildman–Crippen MR) is 139 cm³/mol. The van der Waals surface area contributed by atoms with E-state index in [0.29, 0.717) is 21.5 Å². The van der Waals surface area contributed by atoms with Gasteiger partial charge in [0.1, 0.15) is 10.1 Å². The summed E-state index contributed by atoms with van der Waals surface area (Å²) in [6.45, 7) is 0.528. The van der Waals surface area contributed by atoms with E-state index in [1.54, 1.807) is 21.7 Å². The molecule has 1 fully saturated rings. The number of rotatable bonds is 6. The number of benzene rings is 3. The number of hydrogen-bond acceptors (Lipinski definition) is 4. The molecule has 0 N–H and O–H groups in total. The quantitative estimate of drug-likeness (QED) is 0.244. The first kappa shape index (κ1) is 22.3. The molecule has 168 valence electrons. The van der Waals surface area contributed by atoms with Crippen LogP contribution in [0.4, 0.5) is 4.39 Å². The molecule has 0 atom stereocenters. The number of carbonyl (C=O) groups excluding carboxylic acids is 1. The van der Waals surface area contributed by atoms with Gasteiger partial charge < -0.3 is 0 Å². The molecular weight excluding hydrogens is 465 g/mol. The Morgan fingerprint density at radius 2 is 1.62 bits per heavy atom. The summed E-state index contributed by atoms with van der Waals surface area (Å²) < 4.78 is 15.8. The third-order valence-electron chi connectivity index (χ3n) is 5.51. The summed E-state index contributed by atoms with van der Waals surface area (Å²) in [4.78, 5) is 15.4. The van der Waals surface area contributed by atoms with Crippen LogP contribution < -0.4 is 0 Å². The zero-order chi connectivity index (χ0) is 23.5. The van der Waals surface area contributed by atoms with E-state index in [9.17, 15) is 9.18 Å². The van der Waals surface area contributed by atoms with E-state index in [0.717, 1.165) is 28.8 Å². The number of hydrogen-bond donors (Lipinski definition) is 0. The lowest BCUT2D eigenvalue weighted by Crippen LogP contribution is -2.30. The van der Waals surface area contributed by atoms with Crippen molar-refractivity contribution >= 4 is 40.3 Å². The van der Waals surface area contributed by atoms with E-state index in [1.807, 2.05) is 72.9 Å². The van der Waals surface area contributed by atoms with Gasteiger partial charge in [0.05, 0.1) is 16.3 Å². The molecule has 1 saturated heterocycles. The summed E-state index contributed by atoms with van der Waals surface area (Å²) in [5, 5.41) is 4.74. The molecule has 0 aliphatic carbocycles. The van der Waals surface area contributed by atoms with Gasteiger partial charge in [-0.15, -0.1) is 0 Å². The van der Waals surface area contributed by atoms with Crippen molar-refractivity contribution < 1.29 is 9.18 Å². The lowest BCUT2D eigenvalue weighted by Gasteiger charge is -2.14. The molecule has 5 rings (SSSR count). The maximum atomic E-state index is 13.5. The van der Waals surface area contributed by atoms with Crippen molar-refractivity contribution in [2.24, 2.45) is 0 Å². The van der Waals surface area contributed by atoms with Crippen LogP contribution in [0.25, 0.3) is 23.0 Å². The second-order valence-electron chi connectivity index (χ2n) is 7.79. The van der Waals surface area contributed by atoms with Gasteiger partial charge >= 0.3 is 0 Å². The van der Waals surface area contributed by atoms with Crippen LogP contribution in [0.15, 0.2) is 96.0 Å². The summed E-state index contributed by atoms with van der Waals surface area (Å²) in [6.07, 6.45) is 4.44. The number of halogens is 1. The molecular formula is C27H20FN3OS2. The SMILES string of the molecule is O=C1/C(=C\c2cn(-c3ccccc3)nc2-c2ccc(F)cc2)SC(=S)N1CCc1ccccc1. The van der Waals surface area contributed by atoms with Crippen molar-refractivity contribution in [1.29, 1.82) is 0 Å². The zero-order valence-electron chi connectivity index (χ0n) is 18.1. The molecule has 0 unspecified atom stereocenters. The van der Waals surface area contributed by atoms with Crippen LogP contribution >= 0.6 is 24.0 Å². The minimum atomic E-state index is -0.313. The predicted octanol–water partition coefficient (Wildman–Crippen LogP) is 6.12. The van der Waals surface area contributed by atoms with Gasteiger partial charge in [0.25, 0.3) is 5.91 Å². The maximum absolute atomic E-state index is 13.5. The Morgan fingerprint density at radius 3 is 2.32 bits per heavy atom. The van der Waals surface area contributed by atoms with E-state index in [2.05, 4.69) is 0 Å². The summed E-state index contributed by atoms with van der Waals surface area (Å²) in [5.74, 6) is -0.421. The topological polar surface area (TPSA) is 38.1 Å². The van der Waals surface area contributed by atoms with E-state index in [1.165, 1.54) is 23.9 Å². The van der Waals surface area contributed by atoms with Gasteiger partial charge in [-0.3, -0.25) is 9.69 Å². The number of amides is 1. The van der Waals surface area contributed by atoms with Crippen molar-refractivity contribution in [1.82, 2.24) is 14.7 Å². The normalized spacial score (nSPS) is 14.9. The smallest absolute Gasteiger partial charge is 0.266 e. The fourth-order valence-corrected chi connectivity index (χ4v) is 5.06. The van der Waals surface area contributed by atoms with Crippen LogP contribution in [0, 0.1) is 5.82 Å². The Balaban J connectivity index is 1.47. The third-order valence-corrected chi connectivity index (χ3v) is 6.89. The van der Waals surface area contributed by atoms with Gasteiger partial charge in [0.2, 0.25) is 0 Å². The number of para-hydroxylation sites is 1. The third kappa shape index (κ3) is 4.71. The van der Waals surface area contributed by atoms with Crippen LogP contribution in [-0.2, 0) is 11.2 Å². The highest BCUT2D eigenvalue weighted by Gasteiger charge is 2.32. The molecule has 1 aromatic heterocycles. The average molecular weight is 486 g/mol. The molecule has 0 bridgehead atoms. The number of thioether (sulfide) groups is 1. The Bertz CT molecular complexity index is 1370. The molecule has 2 heterocycles. The number of aromatic nitrogens is 2. The Hall–Kier alpha value is -3.55. The number of carbonyl (C=O) groups is 1. The summed E-state index contributed by atoms with van der Waals surface area (Å²) in [6, 6.07) is 25.9. The first-order valence-electron chi connectivity index (χ1n) is 10.8. The Labute approximate surface area is 206 Å². The van der Waals surface area contributed by atoms with Crippen molar-refractivity contribution in [3.63, 3.8) is 0 Å². The van der Waals surface area contributed by atoms with Crippen molar-refractivity contribution in [2.75, 3.05) is 6.54 Å². The largest absolute Gasteiger partial charge is 0.293 e. The summed E-state index contributed by atoms with van der Waals surface area (Å²) in [5.41, 5.74) is 4.24. The molecule has 34 heavy (non-hydrogen) atoms. The fourth-order valence-electron chi connectivity index (χ4n) is 3.76. The van der Waals surface area contributed by atoms with Gasteiger partial charge in [-0.05, 0) is 54.5 Å². The monoisotopic (exact) mass is 485 g/mol. The van der Waals surface area contributed by atoms with E-state index < -0.39 is 0 Å². The van der Waals surface area contributed by atoms with E-state index in [4.69, 9.17) is 17.3 Å². The minimum absolute atomic E-state index is 0.108. The van der Waals surface area contributed by atoms with Gasteiger partial charge in [0.15, 0.2) is 0 Å². The molecule has 0 radical (unpaired) electrons. The van der Waals surface area contributed by atoms with E-state index in [-0.39, 0.29) is 11.7 Å². The van der Waals surface area contributed by atoms with Crippen LogP contribution in [0.1, 0.15) is 11.1 Å². The Morgan fingerprint density at radius 1 is 0.941 bits per heavy atom. The second-order valence-corrected chi connectivity index (χ2v) is 9.46. The highest BCUT2D eigenvalue weighted by atomic mass is 32.2. The zero-order valence-corrected chi connectivity index (χ0v) is 19.7. The highest BCUT2D eigenvalue weighted by molar-refractivity contribution is 8.26. The van der Waals surface area contributed by atoms with Crippen molar-refractivity contribution in [3.05, 3.63) is 113 Å². The van der Waals surface area contributed by atoms with Crippen LogP contribution in [0.3, 0.4) is 0 Å². The van der Waals surface area contributed by atoms with Crippen LogP contribution in [-0.4, -0.2) is 31.5 Å².